The largest absolute Gasteiger partial charge is 0.493 e. The summed E-state index contributed by atoms with van der Waals surface area (Å²) in [7, 11) is 3.03. The van der Waals surface area contributed by atoms with Gasteiger partial charge in [0.15, 0.2) is 11.5 Å². The number of carbonyl (C=O) groups is 2. The minimum atomic E-state index is -1.14. The van der Waals surface area contributed by atoms with Crippen LogP contribution in [-0.2, 0) is 4.79 Å². The molecule has 3 N–H and O–H groups in total. The third-order valence-electron chi connectivity index (χ3n) is 4.98. The van der Waals surface area contributed by atoms with Crippen LogP contribution in [0, 0.1) is 0 Å². The third-order valence-corrected chi connectivity index (χ3v) is 5.70. The number of aromatic nitrogens is 2. The van der Waals surface area contributed by atoms with Crippen LogP contribution in [0.2, 0.25) is 0 Å². The molecule has 0 aliphatic carbocycles. The lowest BCUT2D eigenvalue weighted by molar-refractivity contribution is -0.132. The molecule has 1 aromatic heterocycles. The van der Waals surface area contributed by atoms with Crippen LogP contribution < -0.4 is 20.1 Å². The molecular weight excluding hydrogens is 480 g/mol. The first-order chi connectivity index (χ1) is 15.4. The Morgan fingerprint density at radius 3 is 2.59 bits per heavy atom. The lowest BCUT2D eigenvalue weighted by Crippen LogP contribution is -2.25. The number of fused-ring (bicyclic) bond motifs is 1. The second-order valence-corrected chi connectivity index (χ2v) is 7.71. The van der Waals surface area contributed by atoms with Crippen molar-refractivity contribution in [3.05, 3.63) is 76.0 Å². The summed E-state index contributed by atoms with van der Waals surface area (Å²) in [6.07, 6.45) is 2.96. The Labute approximate surface area is 191 Å². The van der Waals surface area contributed by atoms with Crippen molar-refractivity contribution < 1.29 is 24.2 Å². The summed E-state index contributed by atoms with van der Waals surface area (Å²) in [5.41, 5.74) is 1.45. The van der Waals surface area contributed by atoms with Crippen molar-refractivity contribution in [2.75, 3.05) is 24.9 Å². The molecule has 1 atom stereocenters. The predicted octanol–water partition coefficient (Wildman–Crippen LogP) is 3.90. The zero-order valence-corrected chi connectivity index (χ0v) is 18.7. The molecule has 10 heteroatoms. The molecule has 9 nitrogen and oxygen atoms in total. The second-order valence-electron chi connectivity index (χ2n) is 6.85. The smallest absolute Gasteiger partial charge is 0.352 e. The van der Waals surface area contributed by atoms with Gasteiger partial charge in [0.2, 0.25) is 0 Å². The summed E-state index contributed by atoms with van der Waals surface area (Å²) in [5.74, 6) is -0.319. The molecule has 2 heterocycles. The Kier molecular flexibility index (Phi) is 5.87. The number of carboxylic acids is 1. The van der Waals surface area contributed by atoms with Crippen molar-refractivity contribution in [3.63, 3.8) is 0 Å². The molecule has 0 spiro atoms. The Morgan fingerprint density at radius 2 is 1.91 bits per heavy atom. The molecule has 0 saturated carbocycles. The molecule has 2 aromatic carbocycles. The number of methoxy groups -OCH3 is 2. The minimum Gasteiger partial charge on any atom is -0.493 e. The Balaban J connectivity index is 1.70. The van der Waals surface area contributed by atoms with Gasteiger partial charge in [-0.1, -0.05) is 34.1 Å². The summed E-state index contributed by atoms with van der Waals surface area (Å²) in [4.78, 5) is 24.8. The van der Waals surface area contributed by atoms with Crippen molar-refractivity contribution in [2.45, 2.75) is 6.04 Å². The number of hydrogen-bond acceptors (Lipinski definition) is 6. The van der Waals surface area contributed by atoms with Crippen LogP contribution >= 0.6 is 15.9 Å². The summed E-state index contributed by atoms with van der Waals surface area (Å²) >= 11 is 3.51. The third kappa shape index (κ3) is 3.92. The van der Waals surface area contributed by atoms with Gasteiger partial charge in [-0.2, -0.15) is 5.10 Å². The maximum absolute atomic E-state index is 13.0. The molecule has 4 rings (SSSR count). The topological polar surface area (TPSA) is 115 Å². The molecule has 3 aromatic rings. The fraction of sp³-hybridized carbons (Fsp3) is 0.136. The second kappa shape index (κ2) is 8.75. The van der Waals surface area contributed by atoms with Gasteiger partial charge in [0.25, 0.3) is 5.91 Å². The number of allylic oxidation sites excluding steroid dienone is 1. The molecule has 164 valence electrons. The number of nitrogens with zero attached hydrogens (tertiary/aromatic N) is 2. The number of carbonyl (C=O) groups excluding carboxylic acids is 1. The van der Waals surface area contributed by atoms with E-state index in [-0.39, 0.29) is 17.1 Å². The number of anilines is 2. The summed E-state index contributed by atoms with van der Waals surface area (Å²) < 4.78 is 12.9. The molecule has 0 radical (unpaired) electrons. The lowest BCUT2D eigenvalue weighted by atomic mass is 10.0. The normalized spacial score (nSPS) is 14.6. The number of nitrogens with one attached hydrogen (secondary N) is 2. The molecule has 0 saturated heterocycles. The number of aliphatic carboxylic acids is 1. The molecule has 1 aliphatic rings. The Hall–Kier alpha value is -3.79. The number of benzene rings is 2. The van der Waals surface area contributed by atoms with Crippen LogP contribution in [-0.4, -0.2) is 41.0 Å². The zero-order chi connectivity index (χ0) is 22.8. The number of halogens is 1. The Bertz CT molecular complexity index is 1240. The maximum atomic E-state index is 13.0. The maximum Gasteiger partial charge on any atom is 0.352 e. The molecule has 0 bridgehead atoms. The number of amides is 1. The molecular formula is C22H19BrN4O5. The minimum absolute atomic E-state index is 0.0427. The predicted molar refractivity (Wildman–Crippen MR) is 121 cm³/mol. The van der Waals surface area contributed by atoms with Gasteiger partial charge in [-0.25, -0.2) is 9.48 Å². The fourth-order valence-corrected chi connectivity index (χ4v) is 3.95. The van der Waals surface area contributed by atoms with E-state index in [9.17, 15) is 14.7 Å². The highest BCUT2D eigenvalue weighted by molar-refractivity contribution is 9.10. The van der Waals surface area contributed by atoms with Crippen LogP contribution in [0.15, 0.2) is 64.9 Å². The lowest BCUT2D eigenvalue weighted by Gasteiger charge is -2.25. The van der Waals surface area contributed by atoms with Gasteiger partial charge in [0.1, 0.15) is 23.1 Å². The average molecular weight is 499 g/mol. The first-order valence-electron chi connectivity index (χ1n) is 9.50. The van der Waals surface area contributed by atoms with Crippen LogP contribution in [0.3, 0.4) is 0 Å². The van der Waals surface area contributed by atoms with E-state index in [0.717, 1.165) is 10.0 Å². The van der Waals surface area contributed by atoms with E-state index in [1.807, 2.05) is 24.3 Å². The van der Waals surface area contributed by atoms with E-state index in [4.69, 9.17) is 9.47 Å². The van der Waals surface area contributed by atoms with Crippen molar-refractivity contribution in [1.82, 2.24) is 9.78 Å². The van der Waals surface area contributed by atoms with Gasteiger partial charge in [0.05, 0.1) is 20.4 Å². The van der Waals surface area contributed by atoms with Gasteiger partial charge in [-0.3, -0.25) is 4.79 Å². The van der Waals surface area contributed by atoms with Gasteiger partial charge in [0, 0.05) is 16.2 Å². The first kappa shape index (κ1) is 21.4. The molecule has 1 aliphatic heterocycles. The average Bonchev–Trinajstić information content (AvgIpc) is 3.23. The first-order valence-corrected chi connectivity index (χ1v) is 10.3. The number of ether oxygens (including phenoxy) is 2. The number of carboxylic acid groups (broad SMARTS) is 1. The van der Waals surface area contributed by atoms with E-state index >= 15 is 0 Å². The van der Waals surface area contributed by atoms with E-state index in [2.05, 4.69) is 31.7 Å². The molecule has 1 amide bonds. The van der Waals surface area contributed by atoms with E-state index < -0.39 is 17.9 Å². The van der Waals surface area contributed by atoms with Gasteiger partial charge in [-0.15, -0.1) is 0 Å². The number of rotatable bonds is 6. The van der Waals surface area contributed by atoms with Crippen molar-refractivity contribution in [2.24, 2.45) is 0 Å². The highest BCUT2D eigenvalue weighted by Crippen LogP contribution is 2.36. The van der Waals surface area contributed by atoms with Crippen molar-refractivity contribution in [1.29, 1.82) is 0 Å². The summed E-state index contributed by atoms with van der Waals surface area (Å²) in [6, 6.07) is 11.9. The van der Waals surface area contributed by atoms with Gasteiger partial charge >= 0.3 is 5.97 Å². The van der Waals surface area contributed by atoms with Crippen LogP contribution in [0.5, 0.6) is 11.5 Å². The summed E-state index contributed by atoms with van der Waals surface area (Å²) in [6.45, 7) is 0. The molecule has 32 heavy (non-hydrogen) atoms. The highest BCUT2D eigenvalue weighted by Gasteiger charge is 2.30. The number of hydrogen-bond donors (Lipinski definition) is 3. The van der Waals surface area contributed by atoms with Gasteiger partial charge < -0.3 is 25.2 Å². The zero-order valence-electron chi connectivity index (χ0n) is 17.1. The SMILES string of the molecule is COc1ccc(NC(=O)c2cnn3c2NC(C(=O)O)=CC3c2ccccc2Br)cc1OC. The summed E-state index contributed by atoms with van der Waals surface area (Å²) in [5, 5.41) is 19.6. The van der Waals surface area contributed by atoms with E-state index in [1.165, 1.54) is 20.4 Å². The van der Waals surface area contributed by atoms with Crippen molar-refractivity contribution >= 4 is 39.3 Å². The molecule has 0 fully saturated rings. The fourth-order valence-electron chi connectivity index (χ4n) is 3.44. The monoisotopic (exact) mass is 498 g/mol. The van der Waals surface area contributed by atoms with Crippen LogP contribution in [0.25, 0.3) is 0 Å². The standard InChI is InChI=1S/C22H19BrN4O5/c1-31-18-8-7-12(9-19(18)32-2)25-21(28)14-11-24-27-17(13-5-3-4-6-15(13)23)10-16(22(29)30)26-20(14)27/h3-11,17,26H,1-2H3,(H,25,28)(H,29,30). The quantitative estimate of drug-likeness (QED) is 0.472. The molecule has 1 unspecified atom stereocenters. The van der Waals surface area contributed by atoms with E-state index in [1.54, 1.807) is 29.0 Å². The van der Waals surface area contributed by atoms with Crippen molar-refractivity contribution in [3.8, 4) is 11.5 Å². The van der Waals surface area contributed by atoms with Crippen LogP contribution in [0.1, 0.15) is 22.0 Å². The van der Waals surface area contributed by atoms with Gasteiger partial charge in [-0.05, 0) is 29.8 Å². The Morgan fingerprint density at radius 1 is 1.16 bits per heavy atom. The highest BCUT2D eigenvalue weighted by atomic mass is 79.9. The van der Waals surface area contributed by atoms with Crippen LogP contribution in [0.4, 0.5) is 11.5 Å². The van der Waals surface area contributed by atoms with E-state index in [0.29, 0.717) is 17.2 Å².